The Labute approximate surface area is 225 Å². The molecule has 2 amide bonds. The molecule has 0 spiro atoms. The van der Waals surface area contributed by atoms with Crippen LogP contribution < -0.4 is 16.4 Å². The molecule has 0 bridgehead atoms. The predicted octanol–water partition coefficient (Wildman–Crippen LogP) is 3.49. The Bertz CT molecular complexity index is 1090. The fraction of sp³-hybridized carbons (Fsp3) is 0.360. The van der Waals surface area contributed by atoms with Crippen LogP contribution in [0.15, 0.2) is 41.0 Å². The van der Waals surface area contributed by atoms with Gasteiger partial charge in [0.1, 0.15) is 17.4 Å². The summed E-state index contributed by atoms with van der Waals surface area (Å²) in [7, 11) is 1.18. The maximum atomic E-state index is 12.4. The molecular weight excluding hydrogens is 525 g/mol. The first-order valence-corrected chi connectivity index (χ1v) is 11.8. The zero-order chi connectivity index (χ0) is 28.2. The van der Waals surface area contributed by atoms with E-state index in [1.807, 2.05) is 20.8 Å². The molecule has 1 aromatic heterocycles. The average molecular weight is 556 g/mol. The minimum absolute atomic E-state index is 0.0107. The first kappa shape index (κ1) is 31.7. The van der Waals surface area contributed by atoms with Gasteiger partial charge in [-0.05, 0) is 56.7 Å². The molecule has 1 atom stereocenters. The van der Waals surface area contributed by atoms with Gasteiger partial charge in [-0.1, -0.05) is 23.2 Å². The van der Waals surface area contributed by atoms with E-state index in [1.165, 1.54) is 44.6 Å². The summed E-state index contributed by atoms with van der Waals surface area (Å²) < 4.78 is 14.5. The van der Waals surface area contributed by atoms with Crippen molar-refractivity contribution < 1.29 is 33.1 Å². The number of rotatable bonds is 8. The number of furan rings is 1. The fourth-order valence-electron chi connectivity index (χ4n) is 2.75. The van der Waals surface area contributed by atoms with E-state index >= 15 is 0 Å². The van der Waals surface area contributed by atoms with Crippen LogP contribution in [-0.2, 0) is 30.4 Å². The van der Waals surface area contributed by atoms with Gasteiger partial charge < -0.3 is 30.3 Å². The minimum Gasteiger partial charge on any atom is -0.467 e. The summed E-state index contributed by atoms with van der Waals surface area (Å²) in [4.78, 5) is 46.1. The highest BCUT2D eigenvalue weighted by Gasteiger charge is 2.23. The van der Waals surface area contributed by atoms with Gasteiger partial charge >= 0.3 is 11.9 Å². The van der Waals surface area contributed by atoms with Crippen LogP contribution in [0.1, 0.15) is 49.4 Å². The number of halogens is 2. The Morgan fingerprint density at radius 3 is 2.22 bits per heavy atom. The molecule has 202 valence electrons. The molecule has 0 saturated heterocycles. The standard InChI is InChI=1S/C19H19Cl2N3O5.C6H12O2/c1-28-19(27)15(9-22)24-18(26)17-13(20)7-11(8-14(17)21)10-23-16(25)5-4-12-3-2-6-29-12;1-5(7)8-6(2,3)4/h2-8,15H,9-10,22H2,1H3,(H,23,25)(H,24,26);1-4H3/b5-4+;/t15-;/m0./s1. The van der Waals surface area contributed by atoms with Crippen LogP contribution in [0.25, 0.3) is 6.08 Å². The van der Waals surface area contributed by atoms with Crippen molar-refractivity contribution in [1.29, 1.82) is 0 Å². The number of benzene rings is 1. The van der Waals surface area contributed by atoms with E-state index in [1.54, 1.807) is 12.1 Å². The van der Waals surface area contributed by atoms with E-state index in [2.05, 4.69) is 15.4 Å². The Kier molecular flexibility index (Phi) is 12.9. The van der Waals surface area contributed by atoms with Crippen molar-refractivity contribution >= 4 is 53.0 Å². The minimum atomic E-state index is -1.03. The third-order valence-electron chi connectivity index (χ3n) is 4.21. The van der Waals surface area contributed by atoms with Crippen molar-refractivity contribution in [3.8, 4) is 0 Å². The van der Waals surface area contributed by atoms with Crippen molar-refractivity contribution in [2.24, 2.45) is 5.73 Å². The van der Waals surface area contributed by atoms with E-state index in [-0.39, 0.29) is 46.2 Å². The normalized spacial score (nSPS) is 11.7. The molecular formula is C25H31Cl2N3O7. The number of carbonyl (C=O) groups is 4. The smallest absolute Gasteiger partial charge is 0.329 e. The van der Waals surface area contributed by atoms with E-state index in [0.29, 0.717) is 11.3 Å². The molecule has 0 aliphatic rings. The molecule has 12 heteroatoms. The molecule has 0 aliphatic carbocycles. The summed E-state index contributed by atoms with van der Waals surface area (Å²) in [6.45, 7) is 6.92. The van der Waals surface area contributed by atoms with Crippen molar-refractivity contribution in [2.45, 2.75) is 45.9 Å². The Morgan fingerprint density at radius 1 is 1.16 bits per heavy atom. The van der Waals surface area contributed by atoms with Gasteiger partial charge in [-0.2, -0.15) is 0 Å². The molecule has 0 unspecified atom stereocenters. The van der Waals surface area contributed by atoms with Crippen molar-refractivity contribution in [3.05, 3.63) is 63.5 Å². The third-order valence-corrected chi connectivity index (χ3v) is 4.81. The third kappa shape index (κ3) is 12.0. The van der Waals surface area contributed by atoms with E-state index in [9.17, 15) is 19.2 Å². The molecule has 2 rings (SSSR count). The van der Waals surface area contributed by atoms with Crippen LogP contribution in [-0.4, -0.2) is 49.1 Å². The molecule has 2 aromatic rings. The number of carbonyl (C=O) groups excluding carboxylic acids is 4. The van der Waals surface area contributed by atoms with Crippen LogP contribution in [0.4, 0.5) is 0 Å². The lowest BCUT2D eigenvalue weighted by Gasteiger charge is -2.17. The number of hydrogen-bond acceptors (Lipinski definition) is 8. The van der Waals surface area contributed by atoms with Crippen LogP contribution in [0, 0.1) is 0 Å². The lowest BCUT2D eigenvalue weighted by molar-refractivity contribution is -0.152. The molecule has 37 heavy (non-hydrogen) atoms. The fourth-order valence-corrected chi connectivity index (χ4v) is 3.46. The molecule has 0 saturated carbocycles. The summed E-state index contributed by atoms with van der Waals surface area (Å²) in [6, 6.07) is 5.38. The zero-order valence-electron chi connectivity index (χ0n) is 21.2. The lowest BCUT2D eigenvalue weighted by Crippen LogP contribution is -2.46. The Hall–Kier alpha value is -3.34. The number of esters is 2. The number of methoxy groups -OCH3 is 1. The second-order valence-electron chi connectivity index (χ2n) is 8.49. The highest BCUT2D eigenvalue weighted by molar-refractivity contribution is 6.39. The molecule has 0 aliphatic heterocycles. The van der Waals surface area contributed by atoms with Gasteiger partial charge in [0.25, 0.3) is 5.91 Å². The molecule has 1 heterocycles. The average Bonchev–Trinajstić information content (AvgIpc) is 3.31. The summed E-state index contributed by atoms with van der Waals surface area (Å²) in [5.74, 6) is -1.38. The first-order chi connectivity index (χ1) is 17.3. The molecule has 1 aromatic carbocycles. The molecule has 0 fully saturated rings. The number of nitrogens with two attached hydrogens (primary N) is 1. The van der Waals surface area contributed by atoms with Crippen molar-refractivity contribution in [3.63, 3.8) is 0 Å². The number of ether oxygens (including phenoxy) is 2. The SMILES string of the molecule is CC(=O)OC(C)(C)C.COC(=O)[C@H](CN)NC(=O)c1c(Cl)cc(CNC(=O)/C=C/c2ccco2)cc1Cl. The molecule has 4 N–H and O–H groups in total. The predicted molar refractivity (Wildman–Crippen MR) is 140 cm³/mol. The quantitative estimate of drug-likeness (QED) is 0.330. The maximum absolute atomic E-state index is 12.4. The van der Waals surface area contributed by atoms with Crippen LogP contribution in [0.3, 0.4) is 0 Å². The summed E-state index contributed by atoms with van der Waals surface area (Å²) >= 11 is 12.4. The van der Waals surface area contributed by atoms with E-state index in [0.717, 1.165) is 0 Å². The number of amides is 2. The molecule has 0 radical (unpaired) electrons. The Morgan fingerprint density at radius 2 is 1.78 bits per heavy atom. The second-order valence-corrected chi connectivity index (χ2v) is 9.31. The van der Waals surface area contributed by atoms with Crippen LogP contribution in [0.5, 0.6) is 0 Å². The van der Waals surface area contributed by atoms with Crippen LogP contribution >= 0.6 is 23.2 Å². The first-order valence-electron chi connectivity index (χ1n) is 11.0. The largest absolute Gasteiger partial charge is 0.467 e. The van der Waals surface area contributed by atoms with Crippen molar-refractivity contribution in [1.82, 2.24) is 10.6 Å². The van der Waals surface area contributed by atoms with Gasteiger partial charge in [-0.3, -0.25) is 14.4 Å². The summed E-state index contributed by atoms with van der Waals surface area (Å²) in [5.41, 5.74) is 5.71. The van der Waals surface area contributed by atoms with E-state index < -0.39 is 17.9 Å². The van der Waals surface area contributed by atoms with Crippen LogP contribution in [0.2, 0.25) is 10.0 Å². The number of nitrogens with one attached hydrogen (secondary N) is 2. The highest BCUT2D eigenvalue weighted by atomic mass is 35.5. The monoisotopic (exact) mass is 555 g/mol. The number of hydrogen-bond donors (Lipinski definition) is 3. The maximum Gasteiger partial charge on any atom is 0.329 e. The van der Waals surface area contributed by atoms with E-state index in [4.69, 9.17) is 38.1 Å². The topological polar surface area (TPSA) is 150 Å². The van der Waals surface area contributed by atoms with Crippen molar-refractivity contribution in [2.75, 3.05) is 13.7 Å². The van der Waals surface area contributed by atoms with Gasteiger partial charge in [0.15, 0.2) is 0 Å². The summed E-state index contributed by atoms with van der Waals surface area (Å²) in [6.07, 6.45) is 4.35. The zero-order valence-corrected chi connectivity index (χ0v) is 22.7. The summed E-state index contributed by atoms with van der Waals surface area (Å²) in [5, 5.41) is 5.21. The molecule has 10 nitrogen and oxygen atoms in total. The Balaban J connectivity index is 0.000000738. The highest BCUT2D eigenvalue weighted by Crippen LogP contribution is 2.27. The second kappa shape index (κ2) is 15.0. The van der Waals surface area contributed by atoms with Gasteiger partial charge in [0.05, 0.1) is 29.0 Å². The van der Waals surface area contributed by atoms with Gasteiger partial charge in [0, 0.05) is 26.1 Å². The van der Waals surface area contributed by atoms with Gasteiger partial charge in [0.2, 0.25) is 5.91 Å². The lowest BCUT2D eigenvalue weighted by atomic mass is 10.1. The van der Waals surface area contributed by atoms with Gasteiger partial charge in [-0.15, -0.1) is 0 Å². The van der Waals surface area contributed by atoms with Gasteiger partial charge in [-0.25, -0.2) is 4.79 Å².